The van der Waals surface area contributed by atoms with Crippen LogP contribution >= 0.6 is 0 Å². The van der Waals surface area contributed by atoms with Gasteiger partial charge in [-0.2, -0.15) is 0 Å². The molecule has 1 saturated heterocycles. The summed E-state index contributed by atoms with van der Waals surface area (Å²) in [5.41, 5.74) is 2.51. The van der Waals surface area contributed by atoms with Crippen LogP contribution in [0.1, 0.15) is 44.9 Å². The van der Waals surface area contributed by atoms with Gasteiger partial charge in [0.05, 0.1) is 0 Å². The van der Waals surface area contributed by atoms with Crippen molar-refractivity contribution in [3.63, 3.8) is 0 Å². The van der Waals surface area contributed by atoms with Gasteiger partial charge in [0.15, 0.2) is 0 Å². The van der Waals surface area contributed by atoms with Crippen LogP contribution in [0.25, 0.3) is 0 Å². The van der Waals surface area contributed by atoms with Gasteiger partial charge in [-0.05, 0) is 38.1 Å². The molecule has 3 nitrogen and oxygen atoms in total. The molecule has 2 rings (SSSR count). The van der Waals surface area contributed by atoms with Crippen molar-refractivity contribution in [1.82, 2.24) is 10.8 Å². The third-order valence-corrected chi connectivity index (χ3v) is 3.85. The second kappa shape index (κ2) is 5.10. The Morgan fingerprint density at radius 2 is 1.79 bits per heavy atom. The summed E-state index contributed by atoms with van der Waals surface area (Å²) in [6, 6.07) is 0.980. The molecule has 82 valence electrons. The van der Waals surface area contributed by atoms with Gasteiger partial charge in [-0.1, -0.05) is 19.3 Å². The van der Waals surface area contributed by atoms with E-state index in [4.69, 9.17) is 5.21 Å². The quantitative estimate of drug-likeness (QED) is 0.591. The van der Waals surface area contributed by atoms with Crippen LogP contribution in [0.4, 0.5) is 0 Å². The highest BCUT2D eigenvalue weighted by atomic mass is 16.5. The molecule has 3 unspecified atom stereocenters. The fraction of sp³-hybridized carbons (Fsp3) is 1.00. The maximum absolute atomic E-state index is 9.11. The summed E-state index contributed by atoms with van der Waals surface area (Å²) in [5.74, 6) is 0.647. The van der Waals surface area contributed by atoms with Gasteiger partial charge in [-0.25, -0.2) is 5.48 Å². The third kappa shape index (κ3) is 2.27. The standard InChI is InChI=1S/C11H22N2O/c14-13-11-7-2-1-5-9(11)10-6-3-4-8-12-10/h9-14H,1-8H2. The van der Waals surface area contributed by atoms with Gasteiger partial charge in [0.2, 0.25) is 0 Å². The van der Waals surface area contributed by atoms with Crippen LogP contribution in [0, 0.1) is 5.92 Å². The average molecular weight is 198 g/mol. The molecule has 0 amide bonds. The molecule has 0 aromatic carbocycles. The molecule has 0 aromatic rings. The first-order valence-corrected chi connectivity index (χ1v) is 6.05. The Morgan fingerprint density at radius 1 is 1.00 bits per heavy atom. The van der Waals surface area contributed by atoms with Gasteiger partial charge >= 0.3 is 0 Å². The van der Waals surface area contributed by atoms with Gasteiger partial charge in [-0.3, -0.25) is 0 Å². The summed E-state index contributed by atoms with van der Waals surface area (Å²) in [6.07, 6.45) is 8.98. The lowest BCUT2D eigenvalue weighted by Gasteiger charge is -2.38. The molecular weight excluding hydrogens is 176 g/mol. The molecule has 0 spiro atoms. The molecule has 1 aliphatic carbocycles. The van der Waals surface area contributed by atoms with Gasteiger partial charge in [0.25, 0.3) is 0 Å². The number of rotatable bonds is 2. The van der Waals surface area contributed by atoms with Crippen molar-refractivity contribution in [2.24, 2.45) is 5.92 Å². The van der Waals surface area contributed by atoms with E-state index in [9.17, 15) is 0 Å². The summed E-state index contributed by atoms with van der Waals surface area (Å²) < 4.78 is 0. The Kier molecular flexibility index (Phi) is 3.79. The smallest absolute Gasteiger partial charge is 0.0362 e. The number of hydrogen-bond donors (Lipinski definition) is 3. The highest BCUT2D eigenvalue weighted by Gasteiger charge is 2.31. The maximum Gasteiger partial charge on any atom is 0.0362 e. The zero-order valence-electron chi connectivity index (χ0n) is 8.84. The van der Waals surface area contributed by atoms with Gasteiger partial charge in [-0.15, -0.1) is 0 Å². The predicted molar refractivity (Wildman–Crippen MR) is 56.3 cm³/mol. The Morgan fingerprint density at radius 3 is 2.50 bits per heavy atom. The fourth-order valence-electron chi connectivity index (χ4n) is 3.05. The first kappa shape index (κ1) is 10.4. The number of piperidine rings is 1. The van der Waals surface area contributed by atoms with Crippen LogP contribution in [0.3, 0.4) is 0 Å². The summed E-state index contributed by atoms with van der Waals surface area (Å²) >= 11 is 0. The summed E-state index contributed by atoms with van der Waals surface area (Å²) in [4.78, 5) is 0. The van der Waals surface area contributed by atoms with Crippen molar-refractivity contribution in [3.8, 4) is 0 Å². The van der Waals surface area contributed by atoms with Gasteiger partial charge in [0, 0.05) is 12.1 Å². The lowest BCUT2D eigenvalue weighted by molar-refractivity contribution is 0.0571. The van der Waals surface area contributed by atoms with Crippen molar-refractivity contribution in [2.45, 2.75) is 57.0 Å². The first-order valence-electron chi connectivity index (χ1n) is 6.05. The Hall–Kier alpha value is -0.120. The number of hydroxylamine groups is 1. The molecule has 1 saturated carbocycles. The van der Waals surface area contributed by atoms with Gasteiger partial charge < -0.3 is 10.5 Å². The Labute approximate surface area is 86.2 Å². The predicted octanol–water partition coefficient (Wildman–Crippen LogP) is 1.67. The van der Waals surface area contributed by atoms with Crippen molar-refractivity contribution in [3.05, 3.63) is 0 Å². The highest BCUT2D eigenvalue weighted by molar-refractivity contribution is 4.89. The van der Waals surface area contributed by atoms with E-state index in [0.29, 0.717) is 18.0 Å². The molecule has 2 fully saturated rings. The van der Waals surface area contributed by atoms with E-state index in [0.717, 1.165) is 6.42 Å². The van der Waals surface area contributed by atoms with Crippen LogP contribution < -0.4 is 10.8 Å². The normalized spacial score (nSPS) is 39.6. The molecule has 3 atom stereocenters. The van der Waals surface area contributed by atoms with E-state index in [1.807, 2.05) is 0 Å². The minimum Gasteiger partial charge on any atom is -0.317 e. The van der Waals surface area contributed by atoms with E-state index >= 15 is 0 Å². The van der Waals surface area contributed by atoms with E-state index < -0.39 is 0 Å². The minimum absolute atomic E-state index is 0.333. The minimum atomic E-state index is 0.333. The second-order valence-corrected chi connectivity index (χ2v) is 4.74. The molecule has 0 bridgehead atoms. The third-order valence-electron chi connectivity index (χ3n) is 3.85. The van der Waals surface area contributed by atoms with Crippen molar-refractivity contribution in [1.29, 1.82) is 0 Å². The molecular formula is C11H22N2O. The van der Waals surface area contributed by atoms with E-state index in [2.05, 4.69) is 10.8 Å². The molecule has 2 aliphatic rings. The molecule has 3 N–H and O–H groups in total. The molecule has 3 heteroatoms. The highest BCUT2D eigenvalue weighted by Crippen LogP contribution is 2.30. The molecule has 1 aliphatic heterocycles. The largest absolute Gasteiger partial charge is 0.317 e. The van der Waals surface area contributed by atoms with Crippen LogP contribution in [-0.4, -0.2) is 23.8 Å². The lowest BCUT2D eigenvalue weighted by atomic mass is 9.77. The molecule has 14 heavy (non-hydrogen) atoms. The zero-order valence-corrected chi connectivity index (χ0v) is 8.84. The fourth-order valence-corrected chi connectivity index (χ4v) is 3.05. The van der Waals surface area contributed by atoms with E-state index in [1.165, 1.54) is 45.1 Å². The second-order valence-electron chi connectivity index (χ2n) is 4.74. The monoisotopic (exact) mass is 198 g/mol. The van der Waals surface area contributed by atoms with Crippen molar-refractivity contribution < 1.29 is 5.21 Å². The molecule has 1 heterocycles. The van der Waals surface area contributed by atoms with E-state index in [1.54, 1.807) is 0 Å². The van der Waals surface area contributed by atoms with Gasteiger partial charge in [0.1, 0.15) is 0 Å². The number of hydrogen-bond acceptors (Lipinski definition) is 3. The van der Waals surface area contributed by atoms with E-state index in [-0.39, 0.29) is 0 Å². The average Bonchev–Trinajstić information content (AvgIpc) is 2.30. The zero-order chi connectivity index (χ0) is 9.80. The Bertz CT molecular complexity index is 169. The molecule has 0 aromatic heterocycles. The van der Waals surface area contributed by atoms with Crippen molar-refractivity contribution >= 4 is 0 Å². The summed E-state index contributed by atoms with van der Waals surface area (Å²) in [7, 11) is 0. The molecule has 0 radical (unpaired) electrons. The Balaban J connectivity index is 1.91. The summed E-state index contributed by atoms with van der Waals surface area (Å²) in [6.45, 7) is 1.17. The topological polar surface area (TPSA) is 44.3 Å². The lowest BCUT2D eigenvalue weighted by Crippen LogP contribution is -2.49. The summed E-state index contributed by atoms with van der Waals surface area (Å²) in [5, 5.41) is 12.7. The maximum atomic E-state index is 9.11. The van der Waals surface area contributed by atoms with Crippen LogP contribution in [0.15, 0.2) is 0 Å². The SMILES string of the molecule is ONC1CCCCC1C1CCCCN1. The number of nitrogens with one attached hydrogen (secondary N) is 2. The van der Waals surface area contributed by atoms with Crippen LogP contribution in [0.2, 0.25) is 0 Å². The van der Waals surface area contributed by atoms with Crippen LogP contribution in [0.5, 0.6) is 0 Å². The van der Waals surface area contributed by atoms with Crippen molar-refractivity contribution in [2.75, 3.05) is 6.54 Å². The first-order chi connectivity index (χ1) is 6.92. The van der Waals surface area contributed by atoms with Crippen LogP contribution in [-0.2, 0) is 0 Å².